The fraction of sp³-hybridized carbons (Fsp3) is 0.722. The van der Waals surface area contributed by atoms with Gasteiger partial charge in [-0.2, -0.15) is 5.10 Å². The van der Waals surface area contributed by atoms with E-state index in [4.69, 9.17) is 14.7 Å². The van der Waals surface area contributed by atoms with Crippen LogP contribution in [0.3, 0.4) is 0 Å². The molecule has 3 rings (SSSR count). The van der Waals surface area contributed by atoms with Gasteiger partial charge in [0, 0.05) is 38.0 Å². The van der Waals surface area contributed by atoms with Crippen LogP contribution in [0.15, 0.2) is 6.20 Å². The van der Waals surface area contributed by atoms with Crippen molar-refractivity contribution in [1.82, 2.24) is 24.6 Å². The molecule has 0 N–H and O–H groups in total. The van der Waals surface area contributed by atoms with Crippen molar-refractivity contribution in [2.45, 2.75) is 26.2 Å². The van der Waals surface area contributed by atoms with Gasteiger partial charge in [-0.3, -0.25) is 4.68 Å². The minimum atomic E-state index is -0.113. The summed E-state index contributed by atoms with van der Waals surface area (Å²) in [5.41, 5.74) is 0.780. The lowest BCUT2D eigenvalue weighted by Crippen LogP contribution is -2.35. The molecule has 2 aromatic heterocycles. The van der Waals surface area contributed by atoms with Crippen LogP contribution in [0.2, 0.25) is 0 Å². The van der Waals surface area contributed by atoms with E-state index in [1.807, 2.05) is 17.9 Å². The minimum absolute atomic E-state index is 0.113. The van der Waals surface area contributed by atoms with Gasteiger partial charge in [-0.15, -0.1) is 0 Å². The third-order valence-corrected chi connectivity index (χ3v) is 4.50. The van der Waals surface area contributed by atoms with Crippen LogP contribution >= 0.6 is 0 Å². The van der Waals surface area contributed by atoms with Crippen LogP contribution in [0.25, 0.3) is 11.0 Å². The van der Waals surface area contributed by atoms with Crippen molar-refractivity contribution >= 4 is 16.9 Å². The summed E-state index contributed by atoms with van der Waals surface area (Å²) in [7, 11) is 6.15. The van der Waals surface area contributed by atoms with Gasteiger partial charge < -0.3 is 14.5 Å². The molecular weight excluding hydrogens is 316 g/mol. The SMILES string of the molecule is CN(C)C[C@H]1COCCN(c2nc(C(C)(C)C)nc3c2cnn3C)C1. The number of ether oxygens (including phenoxy) is 1. The molecule has 1 saturated heterocycles. The van der Waals surface area contributed by atoms with Gasteiger partial charge in [-0.1, -0.05) is 20.8 Å². The van der Waals surface area contributed by atoms with E-state index in [0.29, 0.717) is 5.92 Å². The lowest BCUT2D eigenvalue weighted by Gasteiger charge is -2.28. The standard InChI is InChI=1S/C18H30N6O/c1-18(2,3)17-20-15-14(9-19-23(15)6)16(21-17)24-7-8-25-12-13(11-24)10-22(4)5/h9,13H,7-8,10-12H2,1-6H3/t13-/m1/s1. The zero-order chi connectivity index (χ0) is 18.2. The molecule has 0 saturated carbocycles. The highest BCUT2D eigenvalue weighted by molar-refractivity contribution is 5.87. The molecule has 1 aliphatic rings. The normalized spacial score (nSPS) is 19.6. The highest BCUT2D eigenvalue weighted by Crippen LogP contribution is 2.29. The topological polar surface area (TPSA) is 59.3 Å². The first-order valence-electron chi connectivity index (χ1n) is 8.93. The number of fused-ring (bicyclic) bond motifs is 1. The molecule has 138 valence electrons. The molecule has 0 bridgehead atoms. The third-order valence-electron chi connectivity index (χ3n) is 4.50. The van der Waals surface area contributed by atoms with Crippen molar-refractivity contribution in [3.63, 3.8) is 0 Å². The van der Waals surface area contributed by atoms with E-state index in [9.17, 15) is 0 Å². The second kappa shape index (κ2) is 6.88. The van der Waals surface area contributed by atoms with Crippen LogP contribution < -0.4 is 4.90 Å². The number of aryl methyl sites for hydroxylation is 1. The number of hydrogen-bond donors (Lipinski definition) is 0. The summed E-state index contributed by atoms with van der Waals surface area (Å²) in [6, 6.07) is 0. The van der Waals surface area contributed by atoms with Crippen molar-refractivity contribution in [3.05, 3.63) is 12.0 Å². The molecule has 1 fully saturated rings. The lowest BCUT2D eigenvalue weighted by atomic mass is 9.95. The van der Waals surface area contributed by atoms with Crippen LogP contribution in [0.4, 0.5) is 5.82 Å². The van der Waals surface area contributed by atoms with E-state index in [1.165, 1.54) is 0 Å². The van der Waals surface area contributed by atoms with Gasteiger partial charge in [0.1, 0.15) is 11.6 Å². The third kappa shape index (κ3) is 3.93. The van der Waals surface area contributed by atoms with E-state index in [1.54, 1.807) is 0 Å². The number of aromatic nitrogens is 4. The highest BCUT2D eigenvalue weighted by Gasteiger charge is 2.26. The molecule has 1 atom stereocenters. The molecule has 2 aromatic rings. The molecule has 0 aliphatic carbocycles. The fourth-order valence-corrected chi connectivity index (χ4v) is 3.28. The van der Waals surface area contributed by atoms with Gasteiger partial charge in [-0.05, 0) is 14.1 Å². The summed E-state index contributed by atoms with van der Waals surface area (Å²) in [6.45, 7) is 10.7. The molecule has 0 radical (unpaired) electrons. The maximum absolute atomic E-state index is 5.84. The molecule has 3 heterocycles. The summed E-state index contributed by atoms with van der Waals surface area (Å²) in [5.74, 6) is 2.29. The molecular formula is C18H30N6O. The van der Waals surface area contributed by atoms with Gasteiger partial charge in [-0.25, -0.2) is 9.97 Å². The van der Waals surface area contributed by atoms with Crippen molar-refractivity contribution in [1.29, 1.82) is 0 Å². The van der Waals surface area contributed by atoms with Gasteiger partial charge in [0.15, 0.2) is 5.65 Å². The summed E-state index contributed by atoms with van der Waals surface area (Å²) in [6.07, 6.45) is 1.88. The predicted octanol–water partition coefficient (Wildman–Crippen LogP) is 1.68. The average Bonchev–Trinajstić information content (AvgIpc) is 2.75. The van der Waals surface area contributed by atoms with Gasteiger partial charge >= 0.3 is 0 Å². The summed E-state index contributed by atoms with van der Waals surface area (Å²) in [4.78, 5) is 14.3. The second-order valence-corrected chi connectivity index (χ2v) is 8.28. The van der Waals surface area contributed by atoms with E-state index >= 15 is 0 Å². The first kappa shape index (κ1) is 18.1. The van der Waals surface area contributed by atoms with E-state index in [-0.39, 0.29) is 5.41 Å². The number of hydrogen-bond acceptors (Lipinski definition) is 6. The molecule has 0 aromatic carbocycles. The lowest BCUT2D eigenvalue weighted by molar-refractivity contribution is 0.113. The Morgan fingerprint density at radius 1 is 1.28 bits per heavy atom. The smallest absolute Gasteiger partial charge is 0.163 e. The molecule has 7 heteroatoms. The van der Waals surface area contributed by atoms with Crippen LogP contribution in [-0.2, 0) is 17.2 Å². The zero-order valence-electron chi connectivity index (χ0n) is 16.3. The van der Waals surface area contributed by atoms with Crippen molar-refractivity contribution in [3.8, 4) is 0 Å². The Balaban J connectivity index is 2.03. The summed E-state index contributed by atoms with van der Waals surface area (Å²) >= 11 is 0. The minimum Gasteiger partial charge on any atom is -0.379 e. The number of rotatable bonds is 3. The van der Waals surface area contributed by atoms with Crippen LogP contribution in [0.1, 0.15) is 26.6 Å². The molecule has 1 aliphatic heterocycles. The Morgan fingerprint density at radius 3 is 2.72 bits per heavy atom. The Bertz CT molecular complexity index is 733. The number of nitrogens with zero attached hydrogens (tertiary/aromatic N) is 6. The first-order chi connectivity index (χ1) is 11.8. The van der Waals surface area contributed by atoms with Gasteiger partial charge in [0.2, 0.25) is 0 Å². The zero-order valence-corrected chi connectivity index (χ0v) is 16.3. The number of anilines is 1. The Kier molecular flexibility index (Phi) is 4.97. The molecule has 0 unspecified atom stereocenters. The van der Waals surface area contributed by atoms with E-state index in [2.05, 4.69) is 49.8 Å². The van der Waals surface area contributed by atoms with Crippen molar-refractivity contribution in [2.75, 3.05) is 51.8 Å². The van der Waals surface area contributed by atoms with Crippen molar-refractivity contribution < 1.29 is 4.74 Å². The Labute approximate surface area is 150 Å². The Morgan fingerprint density at radius 2 is 2.04 bits per heavy atom. The maximum atomic E-state index is 5.84. The summed E-state index contributed by atoms with van der Waals surface area (Å²) in [5, 5.41) is 5.43. The largest absolute Gasteiger partial charge is 0.379 e. The predicted molar refractivity (Wildman–Crippen MR) is 100 cm³/mol. The van der Waals surface area contributed by atoms with Crippen LogP contribution in [-0.4, -0.2) is 71.6 Å². The second-order valence-electron chi connectivity index (χ2n) is 8.28. The first-order valence-corrected chi connectivity index (χ1v) is 8.93. The van der Waals surface area contributed by atoms with Gasteiger partial charge in [0.05, 0.1) is 24.8 Å². The molecule has 7 nitrogen and oxygen atoms in total. The van der Waals surface area contributed by atoms with E-state index < -0.39 is 0 Å². The molecule has 0 amide bonds. The molecule has 25 heavy (non-hydrogen) atoms. The molecule has 0 spiro atoms. The van der Waals surface area contributed by atoms with Crippen molar-refractivity contribution in [2.24, 2.45) is 13.0 Å². The van der Waals surface area contributed by atoms with E-state index in [0.717, 1.165) is 55.5 Å². The van der Waals surface area contributed by atoms with Crippen LogP contribution in [0.5, 0.6) is 0 Å². The fourth-order valence-electron chi connectivity index (χ4n) is 3.28. The highest BCUT2D eigenvalue weighted by atomic mass is 16.5. The quantitative estimate of drug-likeness (QED) is 0.843. The van der Waals surface area contributed by atoms with Gasteiger partial charge in [0.25, 0.3) is 0 Å². The van der Waals surface area contributed by atoms with Crippen LogP contribution in [0, 0.1) is 5.92 Å². The average molecular weight is 346 g/mol. The summed E-state index contributed by atoms with van der Waals surface area (Å²) < 4.78 is 7.68. The monoisotopic (exact) mass is 346 g/mol. The maximum Gasteiger partial charge on any atom is 0.163 e. The Hall–Kier alpha value is -1.73.